The van der Waals surface area contributed by atoms with Crippen LogP contribution in [0.4, 0.5) is 0 Å². The normalized spacial score (nSPS) is 16.7. The van der Waals surface area contributed by atoms with Gasteiger partial charge in [0.05, 0.1) is 0 Å². The third-order valence-corrected chi connectivity index (χ3v) is 3.75. The number of nitrogens with zero attached hydrogens (tertiary/aromatic N) is 1. The average molecular weight is 257 g/mol. The van der Waals surface area contributed by atoms with Crippen LogP contribution >= 0.6 is 0 Å². The second kappa shape index (κ2) is 6.55. The predicted octanol–water partition coefficient (Wildman–Crippen LogP) is 3.98. The van der Waals surface area contributed by atoms with Crippen molar-refractivity contribution in [2.75, 3.05) is 14.1 Å². The van der Waals surface area contributed by atoms with Gasteiger partial charge in [0, 0.05) is 19.7 Å². The number of amides is 1. The molecule has 1 saturated carbocycles. The first kappa shape index (κ1) is 13.9. The van der Waals surface area contributed by atoms with Crippen molar-refractivity contribution in [3.63, 3.8) is 0 Å². The molecule has 1 aliphatic rings. The van der Waals surface area contributed by atoms with Gasteiger partial charge >= 0.3 is 0 Å². The zero-order valence-corrected chi connectivity index (χ0v) is 11.9. The lowest BCUT2D eigenvalue weighted by molar-refractivity contribution is 0.0827. The Morgan fingerprint density at radius 1 is 1.21 bits per heavy atom. The summed E-state index contributed by atoms with van der Waals surface area (Å²) < 4.78 is 0. The molecular formula is C17H23NO. The van der Waals surface area contributed by atoms with Crippen LogP contribution < -0.4 is 0 Å². The van der Waals surface area contributed by atoms with Crippen LogP contribution in [0.3, 0.4) is 0 Å². The highest BCUT2D eigenvalue weighted by Crippen LogP contribution is 2.25. The molecule has 0 N–H and O–H groups in total. The largest absolute Gasteiger partial charge is 0.345 e. The van der Waals surface area contributed by atoms with Gasteiger partial charge in [0.1, 0.15) is 0 Å². The summed E-state index contributed by atoms with van der Waals surface area (Å²) in [5.74, 6) is 0.787. The maximum absolute atomic E-state index is 11.9. The minimum absolute atomic E-state index is 0.0629. The molecule has 2 nitrogen and oxygen atoms in total. The van der Waals surface area contributed by atoms with E-state index >= 15 is 0 Å². The summed E-state index contributed by atoms with van der Waals surface area (Å²) >= 11 is 0. The first-order valence-corrected chi connectivity index (χ1v) is 7.17. The second-order valence-electron chi connectivity index (χ2n) is 5.58. The van der Waals surface area contributed by atoms with E-state index < -0.39 is 0 Å². The standard InChI is InChI=1S/C17H23NO/c1-18(2)17(19)16-10-6-9-15(13-16)12-11-14-7-4-3-5-8-14/h6,9-14H,3-5,7-8H2,1-2H3. The Kier molecular flexibility index (Phi) is 4.78. The molecule has 0 bridgehead atoms. The third kappa shape index (κ3) is 3.95. The number of rotatable bonds is 3. The summed E-state index contributed by atoms with van der Waals surface area (Å²) in [6, 6.07) is 7.87. The van der Waals surface area contributed by atoms with E-state index in [1.807, 2.05) is 18.2 Å². The number of hydrogen-bond acceptors (Lipinski definition) is 1. The fraction of sp³-hybridized carbons (Fsp3) is 0.471. The van der Waals surface area contributed by atoms with Gasteiger partial charge in [-0.3, -0.25) is 4.79 Å². The number of hydrogen-bond donors (Lipinski definition) is 0. The molecule has 2 rings (SSSR count). The highest BCUT2D eigenvalue weighted by molar-refractivity contribution is 5.94. The Balaban J connectivity index is 2.06. The van der Waals surface area contributed by atoms with Gasteiger partial charge in [0.2, 0.25) is 0 Å². The highest BCUT2D eigenvalue weighted by Gasteiger charge is 2.10. The minimum Gasteiger partial charge on any atom is -0.345 e. The van der Waals surface area contributed by atoms with Gasteiger partial charge in [0.25, 0.3) is 5.91 Å². The lowest BCUT2D eigenvalue weighted by Crippen LogP contribution is -2.21. The molecule has 0 heterocycles. The van der Waals surface area contributed by atoms with Crippen molar-refractivity contribution < 1.29 is 4.79 Å². The summed E-state index contributed by atoms with van der Waals surface area (Å²) in [6.07, 6.45) is 11.2. The van der Waals surface area contributed by atoms with Crippen LogP contribution in [-0.4, -0.2) is 24.9 Å². The van der Waals surface area contributed by atoms with Crippen LogP contribution in [0.2, 0.25) is 0 Å². The fourth-order valence-electron chi connectivity index (χ4n) is 2.61. The van der Waals surface area contributed by atoms with Crippen molar-refractivity contribution in [3.8, 4) is 0 Å². The molecule has 1 aliphatic carbocycles. The first-order valence-electron chi connectivity index (χ1n) is 7.17. The molecule has 1 amide bonds. The number of carbonyl (C=O) groups excluding carboxylic acids is 1. The topological polar surface area (TPSA) is 20.3 Å². The number of allylic oxidation sites excluding steroid dienone is 1. The number of benzene rings is 1. The van der Waals surface area contributed by atoms with Gasteiger partial charge in [-0.25, -0.2) is 0 Å². The first-order chi connectivity index (χ1) is 9.16. The van der Waals surface area contributed by atoms with E-state index in [0.717, 1.165) is 17.0 Å². The van der Waals surface area contributed by atoms with E-state index in [9.17, 15) is 4.79 Å². The van der Waals surface area contributed by atoms with Crippen molar-refractivity contribution in [1.82, 2.24) is 4.90 Å². The maximum atomic E-state index is 11.9. The molecule has 19 heavy (non-hydrogen) atoms. The summed E-state index contributed by atoms with van der Waals surface area (Å²) in [5, 5.41) is 0. The van der Waals surface area contributed by atoms with E-state index in [2.05, 4.69) is 18.2 Å². The van der Waals surface area contributed by atoms with Crippen molar-refractivity contribution in [3.05, 3.63) is 41.5 Å². The maximum Gasteiger partial charge on any atom is 0.253 e. The van der Waals surface area contributed by atoms with Crippen molar-refractivity contribution in [1.29, 1.82) is 0 Å². The average Bonchev–Trinajstić information content (AvgIpc) is 2.45. The molecule has 102 valence electrons. The SMILES string of the molecule is CN(C)C(=O)c1cccc(C=CC2CCCCC2)c1. The molecule has 0 spiro atoms. The summed E-state index contributed by atoms with van der Waals surface area (Å²) in [7, 11) is 3.57. The minimum atomic E-state index is 0.0629. The van der Waals surface area contributed by atoms with Crippen LogP contribution in [0.1, 0.15) is 48.0 Å². The molecule has 1 aromatic rings. The zero-order chi connectivity index (χ0) is 13.7. The monoisotopic (exact) mass is 257 g/mol. The van der Waals surface area contributed by atoms with Crippen LogP contribution in [0.15, 0.2) is 30.3 Å². The van der Waals surface area contributed by atoms with Crippen molar-refractivity contribution in [2.24, 2.45) is 5.92 Å². The Morgan fingerprint density at radius 2 is 1.95 bits per heavy atom. The lowest BCUT2D eigenvalue weighted by Gasteiger charge is -2.17. The van der Waals surface area contributed by atoms with E-state index in [1.54, 1.807) is 19.0 Å². The van der Waals surface area contributed by atoms with E-state index in [1.165, 1.54) is 32.1 Å². The summed E-state index contributed by atoms with van der Waals surface area (Å²) in [5.41, 5.74) is 1.88. The highest BCUT2D eigenvalue weighted by atomic mass is 16.2. The molecule has 0 aromatic heterocycles. The molecular weight excluding hydrogens is 234 g/mol. The van der Waals surface area contributed by atoms with Gasteiger partial charge in [-0.15, -0.1) is 0 Å². The van der Waals surface area contributed by atoms with Crippen LogP contribution in [-0.2, 0) is 0 Å². The van der Waals surface area contributed by atoms with Gasteiger partial charge in [0.15, 0.2) is 0 Å². The Morgan fingerprint density at radius 3 is 2.63 bits per heavy atom. The molecule has 0 saturated heterocycles. The Bertz CT molecular complexity index is 456. The molecule has 0 unspecified atom stereocenters. The zero-order valence-electron chi connectivity index (χ0n) is 11.9. The Labute approximate surface area is 116 Å². The molecule has 0 radical (unpaired) electrons. The van der Waals surface area contributed by atoms with Crippen molar-refractivity contribution >= 4 is 12.0 Å². The molecule has 0 aliphatic heterocycles. The van der Waals surface area contributed by atoms with Crippen LogP contribution in [0.5, 0.6) is 0 Å². The smallest absolute Gasteiger partial charge is 0.253 e. The molecule has 0 atom stereocenters. The van der Waals surface area contributed by atoms with Gasteiger partial charge < -0.3 is 4.90 Å². The second-order valence-corrected chi connectivity index (χ2v) is 5.58. The van der Waals surface area contributed by atoms with Crippen molar-refractivity contribution in [2.45, 2.75) is 32.1 Å². The van der Waals surface area contributed by atoms with Gasteiger partial charge in [-0.1, -0.05) is 43.5 Å². The fourth-order valence-corrected chi connectivity index (χ4v) is 2.61. The predicted molar refractivity (Wildman–Crippen MR) is 80.1 cm³/mol. The van der Waals surface area contributed by atoms with E-state index in [4.69, 9.17) is 0 Å². The van der Waals surface area contributed by atoms with E-state index in [0.29, 0.717) is 0 Å². The van der Waals surface area contributed by atoms with Gasteiger partial charge in [-0.2, -0.15) is 0 Å². The molecule has 2 heteroatoms. The van der Waals surface area contributed by atoms with Crippen LogP contribution in [0, 0.1) is 5.92 Å². The summed E-state index contributed by atoms with van der Waals surface area (Å²) in [4.78, 5) is 13.5. The molecule has 1 fully saturated rings. The quantitative estimate of drug-likeness (QED) is 0.802. The molecule has 1 aromatic carbocycles. The van der Waals surface area contributed by atoms with Gasteiger partial charge in [-0.05, 0) is 36.5 Å². The third-order valence-electron chi connectivity index (χ3n) is 3.75. The number of carbonyl (C=O) groups is 1. The lowest BCUT2D eigenvalue weighted by atomic mass is 9.89. The summed E-state index contributed by atoms with van der Waals surface area (Å²) in [6.45, 7) is 0. The Hall–Kier alpha value is -1.57. The van der Waals surface area contributed by atoms with E-state index in [-0.39, 0.29) is 5.91 Å². The van der Waals surface area contributed by atoms with Crippen LogP contribution in [0.25, 0.3) is 6.08 Å².